The van der Waals surface area contributed by atoms with E-state index in [1.807, 2.05) is 25.1 Å². The highest BCUT2D eigenvalue weighted by Crippen LogP contribution is 2.25. The second-order valence-electron chi connectivity index (χ2n) is 6.18. The summed E-state index contributed by atoms with van der Waals surface area (Å²) in [6.45, 7) is 2.97. The molecule has 1 fully saturated rings. The van der Waals surface area contributed by atoms with Crippen molar-refractivity contribution in [1.29, 1.82) is 0 Å². The highest BCUT2D eigenvalue weighted by Gasteiger charge is 2.39. The summed E-state index contributed by atoms with van der Waals surface area (Å²) in [5, 5.41) is 16.7. The van der Waals surface area contributed by atoms with Gasteiger partial charge in [0.05, 0.1) is 31.0 Å². The summed E-state index contributed by atoms with van der Waals surface area (Å²) in [7, 11) is 0. The summed E-state index contributed by atoms with van der Waals surface area (Å²) in [5.41, 5.74) is 1.67. The second-order valence-corrected chi connectivity index (χ2v) is 6.58. The van der Waals surface area contributed by atoms with Gasteiger partial charge < -0.3 is 14.7 Å². The van der Waals surface area contributed by atoms with E-state index in [1.54, 1.807) is 4.90 Å². The lowest BCUT2D eigenvalue weighted by Gasteiger charge is -2.41. The molecule has 1 aromatic carbocycles. The number of carbonyl (C=O) groups is 1. The molecule has 24 heavy (non-hydrogen) atoms. The van der Waals surface area contributed by atoms with E-state index in [4.69, 9.17) is 16.3 Å². The van der Waals surface area contributed by atoms with Crippen molar-refractivity contribution < 1.29 is 14.6 Å². The van der Waals surface area contributed by atoms with Crippen molar-refractivity contribution in [2.24, 2.45) is 0 Å². The Balaban J connectivity index is 1.79. The van der Waals surface area contributed by atoms with Gasteiger partial charge in [0.25, 0.3) is 5.91 Å². The molecule has 2 aromatic rings. The van der Waals surface area contributed by atoms with Crippen LogP contribution in [0.3, 0.4) is 0 Å². The monoisotopic (exact) mass is 349 g/mol. The third-order valence-corrected chi connectivity index (χ3v) is 4.53. The minimum atomic E-state index is -0.811. The molecule has 1 saturated heterocycles. The van der Waals surface area contributed by atoms with Crippen LogP contribution in [0, 0.1) is 6.92 Å². The quantitative estimate of drug-likeness (QED) is 0.882. The fraction of sp³-hybridized carbons (Fsp3) is 0.412. The first-order valence-corrected chi connectivity index (χ1v) is 8.19. The zero-order valence-corrected chi connectivity index (χ0v) is 14.2. The number of aromatic amines is 1. The first-order chi connectivity index (χ1) is 11.5. The number of carbonyl (C=O) groups excluding carboxylic acids is 1. The van der Waals surface area contributed by atoms with Gasteiger partial charge in [0.1, 0.15) is 11.3 Å². The fourth-order valence-corrected chi connectivity index (χ4v) is 3.22. The third kappa shape index (κ3) is 3.45. The molecule has 1 aliphatic heterocycles. The summed E-state index contributed by atoms with van der Waals surface area (Å²) < 4.78 is 5.88. The van der Waals surface area contributed by atoms with Crippen molar-refractivity contribution in [3.63, 3.8) is 0 Å². The summed E-state index contributed by atoms with van der Waals surface area (Å²) in [6, 6.07) is 8.06. The van der Waals surface area contributed by atoms with Gasteiger partial charge in [-0.25, -0.2) is 0 Å². The van der Waals surface area contributed by atoms with Crippen LogP contribution < -0.4 is 0 Å². The standard InChI is InChI=1S/C17H20ClN3O3/c1-12-3-2-4-13(7-12)8-17(11-22)10-21(5-6-24-17)16(23)15-14(18)9-19-20-15/h2-4,7,9,22H,5-6,8,10-11H2,1H3,(H,19,20)/t17-/m0/s1. The van der Waals surface area contributed by atoms with Crippen LogP contribution in [0.25, 0.3) is 0 Å². The SMILES string of the molecule is Cc1cccc(C[C@@]2(CO)CN(C(=O)c3[nH]ncc3Cl)CCO2)c1. The average Bonchev–Trinajstić information content (AvgIpc) is 3.00. The molecule has 6 nitrogen and oxygen atoms in total. The van der Waals surface area contributed by atoms with Gasteiger partial charge in [-0.05, 0) is 12.5 Å². The number of ether oxygens (including phenoxy) is 1. The number of hydrogen-bond donors (Lipinski definition) is 2. The number of rotatable bonds is 4. The van der Waals surface area contributed by atoms with E-state index in [-0.39, 0.29) is 18.2 Å². The Morgan fingerprint density at radius 1 is 1.54 bits per heavy atom. The van der Waals surface area contributed by atoms with E-state index < -0.39 is 5.60 Å². The van der Waals surface area contributed by atoms with Gasteiger partial charge in [0, 0.05) is 13.0 Å². The van der Waals surface area contributed by atoms with Crippen LogP contribution in [-0.2, 0) is 11.2 Å². The predicted octanol–water partition coefficient (Wildman–Crippen LogP) is 1.82. The fourth-order valence-electron chi connectivity index (χ4n) is 3.05. The first-order valence-electron chi connectivity index (χ1n) is 7.81. The molecule has 1 atom stereocenters. The number of nitrogens with one attached hydrogen (secondary N) is 1. The van der Waals surface area contributed by atoms with Crippen LogP contribution in [0.1, 0.15) is 21.6 Å². The maximum atomic E-state index is 12.6. The van der Waals surface area contributed by atoms with Gasteiger partial charge in [-0.3, -0.25) is 9.89 Å². The van der Waals surface area contributed by atoms with Crippen molar-refractivity contribution in [3.05, 3.63) is 52.3 Å². The van der Waals surface area contributed by atoms with E-state index in [0.717, 1.165) is 11.1 Å². The van der Waals surface area contributed by atoms with E-state index in [2.05, 4.69) is 16.3 Å². The molecule has 2 N–H and O–H groups in total. The van der Waals surface area contributed by atoms with E-state index in [9.17, 15) is 9.90 Å². The third-order valence-electron chi connectivity index (χ3n) is 4.24. The van der Waals surface area contributed by atoms with Crippen molar-refractivity contribution in [1.82, 2.24) is 15.1 Å². The van der Waals surface area contributed by atoms with E-state index >= 15 is 0 Å². The number of benzene rings is 1. The summed E-state index contributed by atoms with van der Waals surface area (Å²) in [6.07, 6.45) is 1.94. The van der Waals surface area contributed by atoms with Crippen LogP contribution in [0.5, 0.6) is 0 Å². The first kappa shape index (κ1) is 17.0. The Morgan fingerprint density at radius 2 is 2.38 bits per heavy atom. The molecule has 3 rings (SSSR count). The molecule has 2 heterocycles. The lowest BCUT2D eigenvalue weighted by atomic mass is 9.92. The number of aryl methyl sites for hydroxylation is 1. The van der Waals surface area contributed by atoms with Crippen LogP contribution in [-0.4, -0.2) is 58.0 Å². The van der Waals surface area contributed by atoms with Gasteiger partial charge in [0.2, 0.25) is 0 Å². The van der Waals surface area contributed by atoms with Crippen LogP contribution in [0.4, 0.5) is 0 Å². The van der Waals surface area contributed by atoms with Crippen LogP contribution in [0.15, 0.2) is 30.5 Å². The topological polar surface area (TPSA) is 78.5 Å². The van der Waals surface area contributed by atoms with Crippen LogP contribution >= 0.6 is 11.6 Å². The normalized spacial score (nSPS) is 21.0. The highest BCUT2D eigenvalue weighted by atomic mass is 35.5. The highest BCUT2D eigenvalue weighted by molar-refractivity contribution is 6.33. The zero-order chi connectivity index (χ0) is 17.2. The molecule has 0 aliphatic carbocycles. The Bertz CT molecular complexity index is 733. The lowest BCUT2D eigenvalue weighted by Crippen LogP contribution is -2.56. The number of aliphatic hydroxyl groups excluding tert-OH is 1. The minimum Gasteiger partial charge on any atom is -0.393 e. The van der Waals surface area contributed by atoms with Crippen molar-refractivity contribution in [3.8, 4) is 0 Å². The Kier molecular flexibility index (Phi) is 4.89. The number of morpholine rings is 1. The molecule has 0 unspecified atom stereocenters. The second kappa shape index (κ2) is 6.93. The lowest BCUT2D eigenvalue weighted by molar-refractivity contribution is -0.123. The molecule has 1 aromatic heterocycles. The van der Waals surface area contributed by atoms with Crippen molar-refractivity contribution in [2.45, 2.75) is 18.9 Å². The molecule has 0 bridgehead atoms. The van der Waals surface area contributed by atoms with E-state index in [1.165, 1.54) is 6.20 Å². The van der Waals surface area contributed by atoms with Gasteiger partial charge >= 0.3 is 0 Å². The minimum absolute atomic E-state index is 0.165. The molecule has 1 amide bonds. The maximum Gasteiger partial charge on any atom is 0.273 e. The molecule has 0 saturated carbocycles. The number of aliphatic hydroxyl groups is 1. The summed E-state index contributed by atoms with van der Waals surface area (Å²) in [5.74, 6) is -0.233. The summed E-state index contributed by atoms with van der Waals surface area (Å²) in [4.78, 5) is 14.3. The molecule has 1 aliphatic rings. The van der Waals surface area contributed by atoms with Gasteiger partial charge in [-0.2, -0.15) is 5.10 Å². The van der Waals surface area contributed by atoms with Gasteiger partial charge in [-0.1, -0.05) is 41.4 Å². The van der Waals surface area contributed by atoms with Crippen LogP contribution in [0.2, 0.25) is 5.02 Å². The number of H-pyrrole nitrogens is 1. The van der Waals surface area contributed by atoms with E-state index in [0.29, 0.717) is 31.1 Å². The van der Waals surface area contributed by atoms with Gasteiger partial charge in [0.15, 0.2) is 0 Å². The Morgan fingerprint density at radius 3 is 3.04 bits per heavy atom. The average molecular weight is 350 g/mol. The molecule has 0 radical (unpaired) electrons. The van der Waals surface area contributed by atoms with Gasteiger partial charge in [-0.15, -0.1) is 0 Å². The number of aromatic nitrogens is 2. The number of halogens is 1. The van der Waals surface area contributed by atoms with Crippen molar-refractivity contribution in [2.75, 3.05) is 26.3 Å². The Labute approximate surface area is 145 Å². The number of nitrogens with zero attached hydrogens (tertiary/aromatic N) is 2. The summed E-state index contributed by atoms with van der Waals surface area (Å²) >= 11 is 5.98. The molecule has 0 spiro atoms. The predicted molar refractivity (Wildman–Crippen MR) is 90.2 cm³/mol. The molecule has 128 valence electrons. The number of hydrogen-bond acceptors (Lipinski definition) is 4. The zero-order valence-electron chi connectivity index (χ0n) is 13.5. The largest absolute Gasteiger partial charge is 0.393 e. The Hall–Kier alpha value is -1.89. The molecular formula is C17H20ClN3O3. The molecular weight excluding hydrogens is 330 g/mol. The molecule has 7 heteroatoms. The smallest absolute Gasteiger partial charge is 0.273 e. The number of amides is 1. The maximum absolute atomic E-state index is 12.6. The van der Waals surface area contributed by atoms with Crippen molar-refractivity contribution >= 4 is 17.5 Å².